The van der Waals surface area contributed by atoms with E-state index in [2.05, 4.69) is 5.32 Å². The van der Waals surface area contributed by atoms with E-state index in [0.717, 1.165) is 0 Å². The first-order chi connectivity index (χ1) is 7.76. The molecule has 0 aromatic heterocycles. The second-order valence-electron chi connectivity index (χ2n) is 4.15. The molecule has 6 N–H and O–H groups in total. The lowest BCUT2D eigenvalue weighted by molar-refractivity contribution is -0.145. The van der Waals surface area contributed by atoms with Crippen molar-refractivity contribution in [3.05, 3.63) is 0 Å². The van der Waals surface area contributed by atoms with Crippen LogP contribution in [0.25, 0.3) is 0 Å². The maximum absolute atomic E-state index is 11.8. The van der Waals surface area contributed by atoms with Crippen LogP contribution < -0.4 is 16.8 Å². The molecule has 0 aliphatic heterocycles. The lowest BCUT2D eigenvalue weighted by Crippen LogP contribution is -2.51. The summed E-state index contributed by atoms with van der Waals surface area (Å²) in [7, 11) is 0. The van der Waals surface area contributed by atoms with E-state index in [1.807, 2.05) is 0 Å². The van der Waals surface area contributed by atoms with Gasteiger partial charge in [-0.3, -0.25) is 9.59 Å². The Kier molecular flexibility index (Phi) is 5.60. The van der Waals surface area contributed by atoms with Gasteiger partial charge in [-0.1, -0.05) is 6.92 Å². The van der Waals surface area contributed by atoms with Crippen molar-refractivity contribution in [2.45, 2.75) is 32.7 Å². The number of carboxylic acid groups (broad SMARTS) is 1. The minimum Gasteiger partial charge on any atom is -0.480 e. The van der Waals surface area contributed by atoms with Crippen molar-refractivity contribution in [1.29, 1.82) is 0 Å². The Morgan fingerprint density at radius 1 is 1.41 bits per heavy atom. The number of hydrogen-bond acceptors (Lipinski definition) is 4. The van der Waals surface area contributed by atoms with Gasteiger partial charge in [-0.15, -0.1) is 0 Å². The first-order valence-electron chi connectivity index (χ1n) is 5.29. The zero-order valence-electron chi connectivity index (χ0n) is 10.0. The molecule has 7 nitrogen and oxygen atoms in total. The maximum Gasteiger partial charge on any atom is 0.326 e. The van der Waals surface area contributed by atoms with Gasteiger partial charge in [0.05, 0.1) is 11.8 Å². The molecule has 0 aromatic carbocycles. The Labute approximate surface area is 99.5 Å². The molecule has 2 atom stereocenters. The van der Waals surface area contributed by atoms with E-state index in [4.69, 9.17) is 16.6 Å². The normalized spacial score (nSPS) is 15.7. The third-order valence-electron chi connectivity index (χ3n) is 2.79. The summed E-state index contributed by atoms with van der Waals surface area (Å²) in [6, 6.07) is -1.31. The average Bonchev–Trinajstić information content (AvgIpc) is 2.26. The van der Waals surface area contributed by atoms with E-state index in [-0.39, 0.29) is 6.54 Å². The number of nitrogens with one attached hydrogen (secondary N) is 1. The van der Waals surface area contributed by atoms with Gasteiger partial charge >= 0.3 is 5.97 Å². The third kappa shape index (κ3) is 4.39. The molecule has 0 aromatic rings. The quantitative estimate of drug-likeness (QED) is 0.447. The highest BCUT2D eigenvalue weighted by Crippen LogP contribution is 2.19. The van der Waals surface area contributed by atoms with Crippen LogP contribution in [-0.4, -0.2) is 35.5 Å². The molecule has 2 amide bonds. The lowest BCUT2D eigenvalue weighted by Gasteiger charge is -2.26. The Bertz CT molecular complexity index is 313. The summed E-state index contributed by atoms with van der Waals surface area (Å²) < 4.78 is 0. The number of carbonyl (C=O) groups excluding carboxylic acids is 2. The number of amides is 2. The van der Waals surface area contributed by atoms with Gasteiger partial charge in [0.15, 0.2) is 0 Å². The van der Waals surface area contributed by atoms with Crippen LogP contribution in [0.5, 0.6) is 0 Å². The van der Waals surface area contributed by atoms with Crippen LogP contribution in [0, 0.1) is 5.41 Å². The molecule has 0 saturated carbocycles. The van der Waals surface area contributed by atoms with Crippen molar-refractivity contribution < 1.29 is 19.5 Å². The molecule has 98 valence electrons. The van der Waals surface area contributed by atoms with Gasteiger partial charge < -0.3 is 21.9 Å². The fourth-order valence-corrected chi connectivity index (χ4v) is 1.13. The smallest absolute Gasteiger partial charge is 0.326 e. The molecule has 0 radical (unpaired) electrons. The van der Waals surface area contributed by atoms with Crippen LogP contribution in [0.1, 0.15) is 26.7 Å². The number of rotatable bonds is 7. The van der Waals surface area contributed by atoms with E-state index in [1.54, 1.807) is 13.8 Å². The molecular weight excluding hydrogens is 226 g/mol. The minimum absolute atomic E-state index is 0.0955. The number of primary amides is 1. The Morgan fingerprint density at radius 3 is 2.24 bits per heavy atom. The molecule has 0 bridgehead atoms. The zero-order valence-corrected chi connectivity index (χ0v) is 10.0. The monoisotopic (exact) mass is 245 g/mol. The predicted octanol–water partition coefficient (Wildman–Crippen LogP) is -1.19. The van der Waals surface area contributed by atoms with Gasteiger partial charge in [-0.05, 0) is 13.3 Å². The van der Waals surface area contributed by atoms with Gasteiger partial charge in [0, 0.05) is 6.54 Å². The van der Waals surface area contributed by atoms with Gasteiger partial charge in [-0.25, -0.2) is 4.79 Å². The highest BCUT2D eigenvalue weighted by molar-refractivity contribution is 5.90. The Hall–Kier alpha value is -1.63. The van der Waals surface area contributed by atoms with Crippen molar-refractivity contribution in [2.75, 3.05) is 6.54 Å². The number of carbonyl (C=O) groups is 3. The summed E-state index contributed by atoms with van der Waals surface area (Å²) in [5, 5.41) is 11.1. The lowest BCUT2D eigenvalue weighted by atomic mass is 9.86. The Morgan fingerprint density at radius 2 is 1.94 bits per heavy atom. The summed E-state index contributed by atoms with van der Waals surface area (Å²) in [5.74, 6) is -2.58. The van der Waals surface area contributed by atoms with E-state index >= 15 is 0 Å². The summed E-state index contributed by atoms with van der Waals surface area (Å²) in [4.78, 5) is 33.3. The molecule has 0 aliphatic carbocycles. The van der Waals surface area contributed by atoms with Crippen LogP contribution in [0.15, 0.2) is 0 Å². The third-order valence-corrected chi connectivity index (χ3v) is 2.79. The molecule has 0 fully saturated rings. The maximum atomic E-state index is 11.8. The van der Waals surface area contributed by atoms with E-state index in [0.29, 0.717) is 6.42 Å². The van der Waals surface area contributed by atoms with Crippen molar-refractivity contribution in [2.24, 2.45) is 16.9 Å². The Balaban J connectivity index is 4.71. The molecule has 0 rings (SSSR count). The predicted molar refractivity (Wildman–Crippen MR) is 60.8 cm³/mol. The van der Waals surface area contributed by atoms with Crippen LogP contribution in [0.3, 0.4) is 0 Å². The van der Waals surface area contributed by atoms with E-state index < -0.39 is 35.7 Å². The first-order valence-corrected chi connectivity index (χ1v) is 5.29. The molecule has 7 heteroatoms. The number of hydrogen-bond donors (Lipinski definition) is 4. The summed E-state index contributed by atoms with van der Waals surface area (Å²) in [6.07, 6.45) is 0.0314. The summed E-state index contributed by atoms with van der Waals surface area (Å²) in [5.41, 5.74) is 9.53. The highest BCUT2D eigenvalue weighted by Gasteiger charge is 2.33. The van der Waals surface area contributed by atoms with Crippen molar-refractivity contribution in [1.82, 2.24) is 5.32 Å². The molecule has 0 saturated heterocycles. The average molecular weight is 245 g/mol. The number of nitrogens with two attached hydrogens (primary N) is 2. The SMILES string of the molecule is CCC(C)(CN)C(=O)N[C@H](CC(N)=O)C(=O)O. The van der Waals surface area contributed by atoms with E-state index in [9.17, 15) is 14.4 Å². The highest BCUT2D eigenvalue weighted by atomic mass is 16.4. The van der Waals surface area contributed by atoms with Crippen molar-refractivity contribution in [3.8, 4) is 0 Å². The molecule has 0 heterocycles. The molecule has 1 unspecified atom stereocenters. The van der Waals surface area contributed by atoms with Crippen molar-refractivity contribution >= 4 is 17.8 Å². The topological polar surface area (TPSA) is 136 Å². The van der Waals surface area contributed by atoms with Crippen LogP contribution >= 0.6 is 0 Å². The number of carboxylic acids is 1. The summed E-state index contributed by atoms with van der Waals surface area (Å²) in [6.45, 7) is 3.50. The molecule has 17 heavy (non-hydrogen) atoms. The zero-order chi connectivity index (χ0) is 13.6. The van der Waals surface area contributed by atoms with Crippen LogP contribution in [0.2, 0.25) is 0 Å². The summed E-state index contributed by atoms with van der Waals surface area (Å²) >= 11 is 0. The largest absolute Gasteiger partial charge is 0.480 e. The minimum atomic E-state index is -1.31. The van der Waals surface area contributed by atoms with Crippen LogP contribution in [0.4, 0.5) is 0 Å². The molecule has 0 spiro atoms. The second kappa shape index (κ2) is 6.19. The van der Waals surface area contributed by atoms with Gasteiger partial charge in [0.1, 0.15) is 6.04 Å². The van der Waals surface area contributed by atoms with Gasteiger partial charge in [-0.2, -0.15) is 0 Å². The number of aliphatic carboxylic acids is 1. The van der Waals surface area contributed by atoms with E-state index in [1.165, 1.54) is 0 Å². The van der Waals surface area contributed by atoms with Crippen molar-refractivity contribution in [3.63, 3.8) is 0 Å². The molecular formula is C10H19N3O4. The standard InChI is InChI=1S/C10H19N3O4/c1-3-10(2,5-11)9(17)13-6(8(15)16)4-7(12)14/h6H,3-5,11H2,1-2H3,(H2,12,14)(H,13,17)(H,15,16)/t6-,10?/m1/s1. The first kappa shape index (κ1) is 15.4. The van der Waals surface area contributed by atoms with Crippen LogP contribution in [-0.2, 0) is 14.4 Å². The van der Waals surface area contributed by atoms with Gasteiger partial charge in [0.2, 0.25) is 11.8 Å². The second-order valence-corrected chi connectivity index (χ2v) is 4.15. The molecule has 0 aliphatic rings. The fourth-order valence-electron chi connectivity index (χ4n) is 1.13. The van der Waals surface area contributed by atoms with Gasteiger partial charge in [0.25, 0.3) is 0 Å². The fraction of sp³-hybridized carbons (Fsp3) is 0.700.